The van der Waals surface area contributed by atoms with Gasteiger partial charge in [0.15, 0.2) is 0 Å². The SMILES string of the molecule is COc1ccc2c(c1)CCCC(c1cccnc1)=C2C#CCCCO. The number of ether oxygens (including phenoxy) is 1. The zero-order chi connectivity index (χ0) is 17.5. The maximum Gasteiger partial charge on any atom is 0.119 e. The summed E-state index contributed by atoms with van der Waals surface area (Å²) in [5, 5.41) is 8.99. The number of nitrogens with zero attached hydrogens (tertiary/aromatic N) is 1. The van der Waals surface area contributed by atoms with Crippen molar-refractivity contribution in [2.75, 3.05) is 13.7 Å². The van der Waals surface area contributed by atoms with E-state index in [1.807, 2.05) is 18.3 Å². The van der Waals surface area contributed by atoms with Crippen LogP contribution in [0.3, 0.4) is 0 Å². The van der Waals surface area contributed by atoms with Crippen LogP contribution in [0.2, 0.25) is 0 Å². The molecule has 1 heterocycles. The summed E-state index contributed by atoms with van der Waals surface area (Å²) in [7, 11) is 1.70. The van der Waals surface area contributed by atoms with Crippen molar-refractivity contribution in [2.24, 2.45) is 0 Å². The fourth-order valence-corrected chi connectivity index (χ4v) is 3.18. The fraction of sp³-hybridized carbons (Fsp3) is 0.318. The molecule has 25 heavy (non-hydrogen) atoms. The molecule has 3 nitrogen and oxygen atoms in total. The van der Waals surface area contributed by atoms with E-state index in [1.54, 1.807) is 13.3 Å². The predicted octanol–water partition coefficient (Wildman–Crippen LogP) is 4.11. The number of benzene rings is 1. The van der Waals surface area contributed by atoms with Gasteiger partial charge in [0, 0.05) is 31.0 Å². The van der Waals surface area contributed by atoms with E-state index < -0.39 is 0 Å². The summed E-state index contributed by atoms with van der Waals surface area (Å²) in [5.41, 5.74) is 5.95. The number of aliphatic hydroxyl groups is 1. The van der Waals surface area contributed by atoms with Crippen molar-refractivity contribution in [3.8, 4) is 17.6 Å². The molecule has 0 spiro atoms. The van der Waals surface area contributed by atoms with Crippen LogP contribution in [0.15, 0.2) is 42.7 Å². The van der Waals surface area contributed by atoms with Crippen molar-refractivity contribution in [1.82, 2.24) is 4.98 Å². The number of fused-ring (bicyclic) bond motifs is 1. The first kappa shape index (κ1) is 17.3. The van der Waals surface area contributed by atoms with E-state index in [1.165, 1.54) is 16.7 Å². The second-order valence-corrected chi connectivity index (χ2v) is 6.10. The Morgan fingerprint density at radius 2 is 2.16 bits per heavy atom. The highest BCUT2D eigenvalue weighted by Gasteiger charge is 2.18. The Bertz CT molecular complexity index is 813. The van der Waals surface area contributed by atoms with Gasteiger partial charge in [-0.15, -0.1) is 0 Å². The van der Waals surface area contributed by atoms with Crippen LogP contribution in [0, 0.1) is 11.8 Å². The van der Waals surface area contributed by atoms with Gasteiger partial charge in [-0.1, -0.05) is 17.9 Å². The van der Waals surface area contributed by atoms with Crippen LogP contribution in [0.1, 0.15) is 42.4 Å². The molecule has 0 radical (unpaired) electrons. The molecule has 3 rings (SSSR count). The average Bonchev–Trinajstić information content (AvgIpc) is 2.84. The maximum absolute atomic E-state index is 8.99. The second kappa shape index (κ2) is 8.50. The molecule has 1 aromatic carbocycles. The van der Waals surface area contributed by atoms with Crippen LogP contribution >= 0.6 is 0 Å². The third kappa shape index (κ3) is 4.10. The van der Waals surface area contributed by atoms with Crippen LogP contribution in [0.25, 0.3) is 11.1 Å². The number of unbranched alkanes of at least 4 members (excludes halogenated alkanes) is 1. The topological polar surface area (TPSA) is 42.4 Å². The number of rotatable bonds is 4. The molecule has 0 saturated carbocycles. The number of aryl methyl sites for hydroxylation is 1. The normalized spacial score (nSPS) is 13.5. The lowest BCUT2D eigenvalue weighted by Gasteiger charge is -2.11. The molecule has 1 aromatic heterocycles. The summed E-state index contributed by atoms with van der Waals surface area (Å²) >= 11 is 0. The van der Waals surface area contributed by atoms with Crippen molar-refractivity contribution >= 4 is 11.1 Å². The van der Waals surface area contributed by atoms with E-state index in [-0.39, 0.29) is 6.61 Å². The van der Waals surface area contributed by atoms with Crippen LogP contribution in [0.4, 0.5) is 0 Å². The zero-order valence-electron chi connectivity index (χ0n) is 14.6. The highest BCUT2D eigenvalue weighted by atomic mass is 16.5. The van der Waals surface area contributed by atoms with E-state index in [0.717, 1.165) is 36.1 Å². The molecule has 0 bridgehead atoms. The molecule has 0 unspecified atom stereocenters. The largest absolute Gasteiger partial charge is 0.497 e. The quantitative estimate of drug-likeness (QED) is 0.676. The van der Waals surface area contributed by atoms with Crippen molar-refractivity contribution in [3.05, 3.63) is 59.4 Å². The Labute approximate surface area is 149 Å². The van der Waals surface area contributed by atoms with Gasteiger partial charge in [0.2, 0.25) is 0 Å². The van der Waals surface area contributed by atoms with Gasteiger partial charge < -0.3 is 9.84 Å². The molecule has 3 heteroatoms. The monoisotopic (exact) mass is 333 g/mol. The highest BCUT2D eigenvalue weighted by Crippen LogP contribution is 2.36. The number of aliphatic hydroxyl groups excluding tert-OH is 1. The summed E-state index contributed by atoms with van der Waals surface area (Å²) in [6.45, 7) is 0.178. The third-order valence-corrected chi connectivity index (χ3v) is 4.44. The summed E-state index contributed by atoms with van der Waals surface area (Å²) in [5.74, 6) is 7.51. The van der Waals surface area contributed by atoms with Crippen LogP contribution in [0.5, 0.6) is 5.75 Å². The van der Waals surface area contributed by atoms with Gasteiger partial charge in [-0.25, -0.2) is 0 Å². The van der Waals surface area contributed by atoms with Crippen LogP contribution in [-0.2, 0) is 6.42 Å². The Kier molecular flexibility index (Phi) is 5.87. The number of pyridine rings is 1. The summed E-state index contributed by atoms with van der Waals surface area (Å²) in [6.07, 6.45) is 8.19. The summed E-state index contributed by atoms with van der Waals surface area (Å²) in [4.78, 5) is 4.28. The van der Waals surface area contributed by atoms with Gasteiger partial charge in [-0.2, -0.15) is 0 Å². The van der Waals surface area contributed by atoms with E-state index in [4.69, 9.17) is 9.84 Å². The summed E-state index contributed by atoms with van der Waals surface area (Å²) in [6, 6.07) is 10.3. The number of hydrogen-bond donors (Lipinski definition) is 1. The highest BCUT2D eigenvalue weighted by molar-refractivity contribution is 5.99. The van der Waals surface area contributed by atoms with Crippen molar-refractivity contribution < 1.29 is 9.84 Å². The first-order valence-corrected chi connectivity index (χ1v) is 8.74. The number of allylic oxidation sites excluding steroid dienone is 2. The molecule has 0 saturated heterocycles. The van der Waals surface area contributed by atoms with E-state index >= 15 is 0 Å². The minimum Gasteiger partial charge on any atom is -0.497 e. The lowest BCUT2D eigenvalue weighted by atomic mass is 9.93. The molecule has 1 N–H and O–H groups in total. The molecule has 0 atom stereocenters. The number of hydrogen-bond acceptors (Lipinski definition) is 3. The smallest absolute Gasteiger partial charge is 0.119 e. The predicted molar refractivity (Wildman–Crippen MR) is 101 cm³/mol. The zero-order valence-corrected chi connectivity index (χ0v) is 14.6. The van der Waals surface area contributed by atoms with Crippen molar-refractivity contribution in [2.45, 2.75) is 32.1 Å². The number of aromatic nitrogens is 1. The van der Waals surface area contributed by atoms with Crippen molar-refractivity contribution in [1.29, 1.82) is 0 Å². The van der Waals surface area contributed by atoms with Gasteiger partial charge in [0.25, 0.3) is 0 Å². The standard InChI is InChI=1S/C22H23NO2/c1-25-19-11-12-21-17(15-19)7-5-10-20(18-8-6-13-23-16-18)22(21)9-3-2-4-14-24/h6,8,11-13,15-16,24H,2,4-5,7,10,14H2,1H3. The third-order valence-electron chi connectivity index (χ3n) is 4.44. The average molecular weight is 333 g/mol. The molecular formula is C22H23NO2. The second-order valence-electron chi connectivity index (χ2n) is 6.10. The first-order chi connectivity index (χ1) is 12.3. The van der Waals surface area contributed by atoms with Gasteiger partial charge in [0.1, 0.15) is 5.75 Å². The molecule has 1 aliphatic rings. The molecule has 1 aliphatic carbocycles. The Morgan fingerprint density at radius 1 is 1.24 bits per heavy atom. The van der Waals surface area contributed by atoms with Gasteiger partial charge >= 0.3 is 0 Å². The molecule has 0 aliphatic heterocycles. The summed E-state index contributed by atoms with van der Waals surface area (Å²) < 4.78 is 5.39. The van der Waals surface area contributed by atoms with E-state index in [2.05, 4.69) is 35.0 Å². The lowest BCUT2D eigenvalue weighted by molar-refractivity contribution is 0.290. The minimum absolute atomic E-state index is 0.178. The molecule has 2 aromatic rings. The van der Waals surface area contributed by atoms with Crippen LogP contribution in [-0.4, -0.2) is 23.8 Å². The molecule has 128 valence electrons. The Hall–Kier alpha value is -2.57. The van der Waals surface area contributed by atoms with E-state index in [9.17, 15) is 0 Å². The molecule has 0 amide bonds. The molecular weight excluding hydrogens is 310 g/mol. The maximum atomic E-state index is 8.99. The van der Waals surface area contributed by atoms with E-state index in [0.29, 0.717) is 12.8 Å². The number of methoxy groups -OCH3 is 1. The van der Waals surface area contributed by atoms with Crippen LogP contribution < -0.4 is 4.74 Å². The first-order valence-electron chi connectivity index (χ1n) is 8.74. The van der Waals surface area contributed by atoms with Gasteiger partial charge in [-0.3, -0.25) is 4.98 Å². The Morgan fingerprint density at radius 3 is 2.92 bits per heavy atom. The Balaban J connectivity index is 2.12. The molecule has 0 fully saturated rings. The van der Waals surface area contributed by atoms with Gasteiger partial charge in [0.05, 0.1) is 7.11 Å². The fourth-order valence-electron chi connectivity index (χ4n) is 3.18. The lowest BCUT2D eigenvalue weighted by Crippen LogP contribution is -1.94. The minimum atomic E-state index is 0.178. The van der Waals surface area contributed by atoms with Gasteiger partial charge in [-0.05, 0) is 72.2 Å². The van der Waals surface area contributed by atoms with Crippen molar-refractivity contribution in [3.63, 3.8) is 0 Å².